The predicted octanol–water partition coefficient (Wildman–Crippen LogP) is 3.91. The van der Waals surface area contributed by atoms with E-state index in [9.17, 15) is 4.79 Å². The summed E-state index contributed by atoms with van der Waals surface area (Å²) in [6.07, 6.45) is 5.19. The van der Waals surface area contributed by atoms with Crippen LogP contribution < -0.4 is 0 Å². The number of fused-ring (bicyclic) bond motifs is 1. The first-order chi connectivity index (χ1) is 9.15. The molecule has 1 aliphatic carbocycles. The SMILES string of the molecule is CC1=CC1.O=C(O)CCCc1cc2ccccc2[nH]1. The second-order valence-corrected chi connectivity index (χ2v) is 4.88. The van der Waals surface area contributed by atoms with Gasteiger partial charge in [0.25, 0.3) is 0 Å². The Hall–Kier alpha value is -2.03. The molecule has 0 fully saturated rings. The van der Waals surface area contributed by atoms with E-state index in [1.54, 1.807) is 5.57 Å². The number of aromatic amines is 1. The van der Waals surface area contributed by atoms with E-state index in [0.29, 0.717) is 6.42 Å². The van der Waals surface area contributed by atoms with Gasteiger partial charge in [-0.2, -0.15) is 0 Å². The van der Waals surface area contributed by atoms with E-state index in [1.807, 2.05) is 24.3 Å². The van der Waals surface area contributed by atoms with Gasteiger partial charge in [0.2, 0.25) is 0 Å². The minimum absolute atomic E-state index is 0.232. The fourth-order valence-corrected chi connectivity index (χ4v) is 1.80. The van der Waals surface area contributed by atoms with Gasteiger partial charge >= 0.3 is 5.97 Å². The third kappa shape index (κ3) is 4.62. The van der Waals surface area contributed by atoms with Gasteiger partial charge < -0.3 is 10.1 Å². The van der Waals surface area contributed by atoms with Gasteiger partial charge in [0.1, 0.15) is 0 Å². The maximum atomic E-state index is 10.4. The molecule has 100 valence electrons. The molecule has 1 aromatic heterocycles. The Balaban J connectivity index is 0.000000284. The topological polar surface area (TPSA) is 53.1 Å². The van der Waals surface area contributed by atoms with Gasteiger partial charge in [0, 0.05) is 17.6 Å². The number of benzene rings is 1. The number of H-pyrrole nitrogens is 1. The second-order valence-electron chi connectivity index (χ2n) is 4.88. The molecule has 1 aliphatic rings. The Kier molecular flexibility index (Phi) is 4.39. The number of para-hydroxylation sites is 1. The van der Waals surface area contributed by atoms with E-state index < -0.39 is 5.97 Å². The fourth-order valence-electron chi connectivity index (χ4n) is 1.80. The van der Waals surface area contributed by atoms with Crippen LogP contribution in [-0.4, -0.2) is 16.1 Å². The molecular formula is C16H19NO2. The molecule has 0 amide bonds. The predicted molar refractivity (Wildman–Crippen MR) is 77.2 cm³/mol. The van der Waals surface area contributed by atoms with Crippen molar-refractivity contribution in [3.63, 3.8) is 0 Å². The van der Waals surface area contributed by atoms with Crippen molar-refractivity contribution in [2.24, 2.45) is 0 Å². The van der Waals surface area contributed by atoms with E-state index in [-0.39, 0.29) is 6.42 Å². The standard InChI is InChI=1S/C12H13NO2.C4H6/c14-12(15)7-3-5-10-8-9-4-1-2-6-11(9)13-10;1-4-2-3-4/h1-2,4,6,8,13H,3,5,7H2,(H,14,15);2H,3H2,1H3. The lowest BCUT2D eigenvalue weighted by atomic mass is 10.2. The summed E-state index contributed by atoms with van der Waals surface area (Å²) in [4.78, 5) is 13.6. The molecule has 19 heavy (non-hydrogen) atoms. The first kappa shape index (κ1) is 13.4. The number of carbonyl (C=O) groups is 1. The van der Waals surface area contributed by atoms with E-state index >= 15 is 0 Å². The van der Waals surface area contributed by atoms with Crippen LogP contribution in [0.1, 0.15) is 31.9 Å². The van der Waals surface area contributed by atoms with Gasteiger partial charge in [-0.3, -0.25) is 4.79 Å². The molecule has 0 bridgehead atoms. The molecule has 3 nitrogen and oxygen atoms in total. The molecule has 0 saturated heterocycles. The average molecular weight is 257 g/mol. The summed E-state index contributed by atoms with van der Waals surface area (Å²) >= 11 is 0. The summed E-state index contributed by atoms with van der Waals surface area (Å²) in [7, 11) is 0. The van der Waals surface area contributed by atoms with Crippen LogP contribution in [0.4, 0.5) is 0 Å². The van der Waals surface area contributed by atoms with Crippen LogP contribution >= 0.6 is 0 Å². The van der Waals surface area contributed by atoms with Crippen molar-refractivity contribution >= 4 is 16.9 Å². The zero-order chi connectivity index (χ0) is 13.7. The first-order valence-electron chi connectivity index (χ1n) is 6.59. The van der Waals surface area contributed by atoms with Crippen LogP contribution in [0.25, 0.3) is 10.9 Å². The largest absolute Gasteiger partial charge is 0.481 e. The quantitative estimate of drug-likeness (QED) is 0.816. The van der Waals surface area contributed by atoms with Crippen LogP contribution in [0.15, 0.2) is 42.0 Å². The second kappa shape index (κ2) is 6.23. The molecule has 0 atom stereocenters. The van der Waals surface area contributed by atoms with Gasteiger partial charge in [-0.25, -0.2) is 0 Å². The number of aliphatic carboxylic acids is 1. The zero-order valence-electron chi connectivity index (χ0n) is 11.1. The van der Waals surface area contributed by atoms with Gasteiger partial charge in [-0.05, 0) is 43.7 Å². The van der Waals surface area contributed by atoms with Crippen molar-refractivity contribution in [2.75, 3.05) is 0 Å². The summed E-state index contributed by atoms with van der Waals surface area (Å²) in [6.45, 7) is 2.14. The Labute approximate surface area is 113 Å². The summed E-state index contributed by atoms with van der Waals surface area (Å²) in [6, 6.07) is 10.1. The van der Waals surface area contributed by atoms with E-state index in [2.05, 4.69) is 24.1 Å². The normalized spacial score (nSPS) is 12.6. The van der Waals surface area contributed by atoms with E-state index in [4.69, 9.17) is 5.11 Å². The number of aromatic nitrogens is 1. The van der Waals surface area contributed by atoms with Crippen molar-refractivity contribution < 1.29 is 9.90 Å². The molecule has 1 heterocycles. The molecule has 0 radical (unpaired) electrons. The number of nitrogens with one attached hydrogen (secondary N) is 1. The number of hydrogen-bond acceptors (Lipinski definition) is 1. The molecular weight excluding hydrogens is 238 g/mol. The lowest BCUT2D eigenvalue weighted by Gasteiger charge is -1.94. The van der Waals surface area contributed by atoms with Gasteiger partial charge in [0.05, 0.1) is 0 Å². The zero-order valence-corrected chi connectivity index (χ0v) is 11.1. The number of allylic oxidation sites excluding steroid dienone is 2. The van der Waals surface area contributed by atoms with Crippen molar-refractivity contribution in [3.8, 4) is 0 Å². The number of rotatable bonds is 4. The first-order valence-corrected chi connectivity index (χ1v) is 6.59. The average Bonchev–Trinajstić information content (AvgIpc) is 3.04. The number of carboxylic acids is 1. The highest BCUT2D eigenvalue weighted by atomic mass is 16.4. The molecule has 0 aliphatic heterocycles. The number of aryl methyl sites for hydroxylation is 1. The monoisotopic (exact) mass is 257 g/mol. The summed E-state index contributed by atoms with van der Waals surface area (Å²) in [5, 5.41) is 9.70. The molecule has 0 spiro atoms. The maximum Gasteiger partial charge on any atom is 0.303 e. The van der Waals surface area contributed by atoms with E-state index in [0.717, 1.165) is 17.6 Å². The van der Waals surface area contributed by atoms with Crippen LogP contribution in [0, 0.1) is 0 Å². The molecule has 0 saturated carbocycles. The Bertz CT molecular complexity index is 563. The fraction of sp³-hybridized carbons (Fsp3) is 0.312. The third-order valence-corrected chi connectivity index (χ3v) is 3.03. The highest BCUT2D eigenvalue weighted by Crippen LogP contribution is 2.16. The van der Waals surface area contributed by atoms with Crippen molar-refractivity contribution in [3.05, 3.63) is 47.7 Å². The van der Waals surface area contributed by atoms with Crippen molar-refractivity contribution in [2.45, 2.75) is 32.6 Å². The number of carboxylic acid groups (broad SMARTS) is 1. The minimum atomic E-state index is -0.730. The van der Waals surface area contributed by atoms with Crippen LogP contribution in [-0.2, 0) is 11.2 Å². The lowest BCUT2D eigenvalue weighted by molar-refractivity contribution is -0.137. The molecule has 0 unspecified atom stereocenters. The lowest BCUT2D eigenvalue weighted by Crippen LogP contribution is -1.95. The highest BCUT2D eigenvalue weighted by Gasteiger charge is 2.01. The Morgan fingerprint density at radius 3 is 2.63 bits per heavy atom. The van der Waals surface area contributed by atoms with Crippen LogP contribution in [0.5, 0.6) is 0 Å². The Morgan fingerprint density at radius 1 is 1.37 bits per heavy atom. The van der Waals surface area contributed by atoms with Crippen LogP contribution in [0.3, 0.4) is 0 Å². The maximum absolute atomic E-state index is 10.4. The molecule has 2 aromatic rings. The van der Waals surface area contributed by atoms with Crippen molar-refractivity contribution in [1.29, 1.82) is 0 Å². The Morgan fingerprint density at radius 2 is 2.05 bits per heavy atom. The highest BCUT2D eigenvalue weighted by molar-refractivity contribution is 5.80. The van der Waals surface area contributed by atoms with Crippen LogP contribution in [0.2, 0.25) is 0 Å². The van der Waals surface area contributed by atoms with Gasteiger partial charge in [-0.1, -0.05) is 29.8 Å². The summed E-state index contributed by atoms with van der Waals surface area (Å²) < 4.78 is 0. The van der Waals surface area contributed by atoms with Gasteiger partial charge in [-0.15, -0.1) is 0 Å². The smallest absolute Gasteiger partial charge is 0.303 e. The molecule has 1 aromatic carbocycles. The minimum Gasteiger partial charge on any atom is -0.481 e. The summed E-state index contributed by atoms with van der Waals surface area (Å²) in [5.41, 5.74) is 3.76. The van der Waals surface area contributed by atoms with Gasteiger partial charge in [0.15, 0.2) is 0 Å². The molecule has 3 heteroatoms. The van der Waals surface area contributed by atoms with E-state index in [1.165, 1.54) is 11.8 Å². The third-order valence-electron chi connectivity index (χ3n) is 3.03. The van der Waals surface area contributed by atoms with Crippen molar-refractivity contribution in [1.82, 2.24) is 4.98 Å². The number of hydrogen-bond donors (Lipinski definition) is 2. The molecule has 2 N–H and O–H groups in total. The molecule has 3 rings (SSSR count). The summed E-state index contributed by atoms with van der Waals surface area (Å²) in [5.74, 6) is -0.730.